The van der Waals surface area contributed by atoms with Gasteiger partial charge in [0.1, 0.15) is 0 Å². The van der Waals surface area contributed by atoms with Gasteiger partial charge in [-0.1, -0.05) is 0 Å². The first-order chi connectivity index (χ1) is 7.65. The van der Waals surface area contributed by atoms with Crippen LogP contribution in [0, 0.1) is 5.92 Å². The molecule has 2 heterocycles. The van der Waals surface area contributed by atoms with Crippen molar-refractivity contribution in [1.29, 1.82) is 0 Å². The van der Waals surface area contributed by atoms with Crippen LogP contribution in [0.15, 0.2) is 0 Å². The molecule has 2 fully saturated rings. The molecule has 2 saturated heterocycles. The summed E-state index contributed by atoms with van der Waals surface area (Å²) in [5.74, 6) is 0.514. The number of rotatable bonds is 3. The molecule has 2 aliphatic rings. The van der Waals surface area contributed by atoms with Gasteiger partial charge in [-0.3, -0.25) is 0 Å². The van der Waals surface area contributed by atoms with Gasteiger partial charge in [0, 0.05) is 6.54 Å². The largest absolute Gasteiger partial charge is 0.393 e. The van der Waals surface area contributed by atoms with Crippen molar-refractivity contribution in [3.63, 3.8) is 0 Å². The summed E-state index contributed by atoms with van der Waals surface area (Å²) in [6.45, 7) is 7.44. The second-order valence-corrected chi connectivity index (χ2v) is 5.52. The molecule has 0 radical (unpaired) electrons. The van der Waals surface area contributed by atoms with Crippen LogP contribution in [0.4, 0.5) is 0 Å². The Kier molecular flexibility index (Phi) is 4.22. The van der Waals surface area contributed by atoms with Gasteiger partial charge in [-0.2, -0.15) is 0 Å². The Labute approximate surface area is 98.8 Å². The maximum atomic E-state index is 9.54. The zero-order valence-electron chi connectivity index (χ0n) is 10.6. The minimum atomic E-state index is -0.134. The third-order valence-corrected chi connectivity index (χ3v) is 4.10. The van der Waals surface area contributed by atoms with E-state index < -0.39 is 0 Å². The third-order valence-electron chi connectivity index (χ3n) is 4.10. The lowest BCUT2D eigenvalue weighted by Crippen LogP contribution is -2.40. The first-order valence-corrected chi connectivity index (χ1v) is 6.71. The fourth-order valence-corrected chi connectivity index (χ4v) is 2.93. The predicted octanol–water partition coefficient (Wildman–Crippen LogP) is 1.65. The number of aliphatic hydroxyl groups excluding tert-OH is 1. The molecule has 3 heteroatoms. The van der Waals surface area contributed by atoms with E-state index in [2.05, 4.69) is 11.8 Å². The van der Waals surface area contributed by atoms with Gasteiger partial charge in [0.25, 0.3) is 0 Å². The van der Waals surface area contributed by atoms with Crippen LogP contribution in [0.2, 0.25) is 0 Å². The van der Waals surface area contributed by atoms with E-state index in [0.29, 0.717) is 18.1 Å². The Bertz CT molecular complexity index is 212. The van der Waals surface area contributed by atoms with E-state index in [-0.39, 0.29) is 6.10 Å². The Balaban J connectivity index is 1.69. The highest BCUT2D eigenvalue weighted by Crippen LogP contribution is 2.24. The minimum absolute atomic E-state index is 0.134. The average molecular weight is 227 g/mol. The molecule has 94 valence electrons. The molecule has 3 atom stereocenters. The molecule has 0 amide bonds. The Hall–Kier alpha value is -0.120. The van der Waals surface area contributed by atoms with E-state index in [4.69, 9.17) is 4.74 Å². The lowest BCUT2D eigenvalue weighted by atomic mass is 9.92. The standard InChI is InChI=1S/C13H25NO2/c1-10-3-4-13(16-10)9-14-7-5-12(6-8-14)11(2)15/h10-13,15H,3-9H2,1-2H3. The summed E-state index contributed by atoms with van der Waals surface area (Å²) in [6, 6.07) is 0. The van der Waals surface area contributed by atoms with Crippen molar-refractivity contribution in [2.24, 2.45) is 5.92 Å². The zero-order chi connectivity index (χ0) is 11.5. The smallest absolute Gasteiger partial charge is 0.0706 e. The Morgan fingerprint density at radius 2 is 1.94 bits per heavy atom. The summed E-state index contributed by atoms with van der Waals surface area (Å²) in [4.78, 5) is 2.50. The van der Waals surface area contributed by atoms with Crippen LogP contribution in [-0.4, -0.2) is 48.0 Å². The first kappa shape index (κ1) is 12.3. The summed E-state index contributed by atoms with van der Waals surface area (Å²) >= 11 is 0. The molecule has 2 aliphatic heterocycles. The van der Waals surface area contributed by atoms with Crippen molar-refractivity contribution in [2.75, 3.05) is 19.6 Å². The monoisotopic (exact) mass is 227 g/mol. The fourth-order valence-electron chi connectivity index (χ4n) is 2.93. The molecule has 3 unspecified atom stereocenters. The maximum Gasteiger partial charge on any atom is 0.0706 e. The second-order valence-electron chi connectivity index (χ2n) is 5.52. The highest BCUT2D eigenvalue weighted by molar-refractivity contribution is 4.79. The first-order valence-electron chi connectivity index (χ1n) is 6.71. The van der Waals surface area contributed by atoms with E-state index in [1.165, 1.54) is 12.8 Å². The van der Waals surface area contributed by atoms with E-state index in [9.17, 15) is 5.11 Å². The lowest BCUT2D eigenvalue weighted by molar-refractivity contribution is 0.0138. The van der Waals surface area contributed by atoms with Crippen molar-refractivity contribution in [1.82, 2.24) is 4.90 Å². The second kappa shape index (κ2) is 5.48. The Morgan fingerprint density at radius 1 is 1.25 bits per heavy atom. The van der Waals surface area contributed by atoms with E-state index in [1.54, 1.807) is 0 Å². The molecule has 0 aromatic heterocycles. The third kappa shape index (κ3) is 3.19. The SMILES string of the molecule is CC1CCC(CN2CCC(C(C)O)CC2)O1. The molecule has 0 aromatic carbocycles. The van der Waals surface area contributed by atoms with E-state index in [0.717, 1.165) is 32.5 Å². The van der Waals surface area contributed by atoms with Crippen molar-refractivity contribution in [3.8, 4) is 0 Å². The van der Waals surface area contributed by atoms with Gasteiger partial charge in [0.2, 0.25) is 0 Å². The van der Waals surface area contributed by atoms with Crippen LogP contribution in [0.5, 0.6) is 0 Å². The van der Waals surface area contributed by atoms with Gasteiger partial charge >= 0.3 is 0 Å². The number of likely N-dealkylation sites (tertiary alicyclic amines) is 1. The van der Waals surface area contributed by atoms with Crippen molar-refractivity contribution < 1.29 is 9.84 Å². The van der Waals surface area contributed by atoms with Crippen LogP contribution in [-0.2, 0) is 4.74 Å². The van der Waals surface area contributed by atoms with Crippen LogP contribution in [0.3, 0.4) is 0 Å². The van der Waals surface area contributed by atoms with Crippen molar-refractivity contribution in [3.05, 3.63) is 0 Å². The number of nitrogens with zero attached hydrogens (tertiary/aromatic N) is 1. The van der Waals surface area contributed by atoms with Crippen LogP contribution < -0.4 is 0 Å². The molecule has 0 bridgehead atoms. The molecule has 0 aromatic rings. The molecule has 1 N–H and O–H groups in total. The summed E-state index contributed by atoms with van der Waals surface area (Å²) in [6.07, 6.45) is 5.50. The normalized spacial score (nSPS) is 35.4. The quantitative estimate of drug-likeness (QED) is 0.795. The number of ether oxygens (including phenoxy) is 1. The number of aliphatic hydroxyl groups is 1. The van der Waals surface area contributed by atoms with E-state index >= 15 is 0 Å². The van der Waals surface area contributed by atoms with Crippen molar-refractivity contribution >= 4 is 0 Å². The predicted molar refractivity (Wildman–Crippen MR) is 64.4 cm³/mol. The van der Waals surface area contributed by atoms with Crippen molar-refractivity contribution in [2.45, 2.75) is 57.8 Å². The Morgan fingerprint density at radius 3 is 2.44 bits per heavy atom. The number of piperidine rings is 1. The number of hydrogen-bond acceptors (Lipinski definition) is 3. The molecule has 0 aliphatic carbocycles. The van der Waals surface area contributed by atoms with E-state index in [1.807, 2.05) is 6.92 Å². The summed E-state index contributed by atoms with van der Waals surface area (Å²) < 4.78 is 5.85. The summed E-state index contributed by atoms with van der Waals surface area (Å²) in [5.41, 5.74) is 0. The van der Waals surface area contributed by atoms with Gasteiger partial charge in [0.05, 0.1) is 18.3 Å². The van der Waals surface area contributed by atoms with Crippen LogP contribution in [0.25, 0.3) is 0 Å². The van der Waals surface area contributed by atoms with Gasteiger partial charge in [-0.05, 0) is 58.5 Å². The number of hydrogen-bond donors (Lipinski definition) is 1. The highest BCUT2D eigenvalue weighted by Gasteiger charge is 2.27. The van der Waals surface area contributed by atoms with Crippen LogP contribution >= 0.6 is 0 Å². The molecular formula is C13H25NO2. The molecular weight excluding hydrogens is 202 g/mol. The minimum Gasteiger partial charge on any atom is -0.393 e. The topological polar surface area (TPSA) is 32.7 Å². The van der Waals surface area contributed by atoms with Crippen LogP contribution in [0.1, 0.15) is 39.5 Å². The highest BCUT2D eigenvalue weighted by atomic mass is 16.5. The average Bonchev–Trinajstić information content (AvgIpc) is 2.65. The van der Waals surface area contributed by atoms with Gasteiger partial charge in [-0.25, -0.2) is 0 Å². The molecule has 0 spiro atoms. The summed E-state index contributed by atoms with van der Waals surface area (Å²) in [5, 5.41) is 9.54. The molecule has 0 saturated carbocycles. The zero-order valence-corrected chi connectivity index (χ0v) is 10.6. The fraction of sp³-hybridized carbons (Fsp3) is 1.00. The lowest BCUT2D eigenvalue weighted by Gasteiger charge is -2.34. The van der Waals surface area contributed by atoms with Gasteiger partial charge in [-0.15, -0.1) is 0 Å². The maximum absolute atomic E-state index is 9.54. The molecule has 16 heavy (non-hydrogen) atoms. The van der Waals surface area contributed by atoms with Gasteiger partial charge in [0.15, 0.2) is 0 Å². The molecule has 2 rings (SSSR count). The molecule has 3 nitrogen and oxygen atoms in total. The van der Waals surface area contributed by atoms with Gasteiger partial charge < -0.3 is 14.7 Å². The summed E-state index contributed by atoms with van der Waals surface area (Å²) in [7, 11) is 0.